The summed E-state index contributed by atoms with van der Waals surface area (Å²) in [6, 6.07) is 6.10. The van der Waals surface area contributed by atoms with Crippen LogP contribution in [0, 0.1) is 12.8 Å². The Labute approximate surface area is 120 Å². The SMILES string of the molecule is Cc1ccc(-c2noc([C@@H]3CNC[C@H]3C)n2)cc1Br. The molecule has 0 unspecified atom stereocenters. The van der Waals surface area contributed by atoms with Gasteiger partial charge in [0.15, 0.2) is 0 Å². The van der Waals surface area contributed by atoms with Gasteiger partial charge in [-0.1, -0.05) is 40.1 Å². The number of nitrogens with zero attached hydrogens (tertiary/aromatic N) is 2. The molecule has 4 nitrogen and oxygen atoms in total. The monoisotopic (exact) mass is 321 g/mol. The van der Waals surface area contributed by atoms with E-state index in [1.807, 2.05) is 12.1 Å². The number of benzene rings is 1. The molecule has 0 aliphatic carbocycles. The van der Waals surface area contributed by atoms with Gasteiger partial charge in [0, 0.05) is 16.6 Å². The minimum Gasteiger partial charge on any atom is -0.339 e. The van der Waals surface area contributed by atoms with Crippen molar-refractivity contribution in [3.63, 3.8) is 0 Å². The minimum absolute atomic E-state index is 0.329. The van der Waals surface area contributed by atoms with Crippen molar-refractivity contribution in [2.45, 2.75) is 19.8 Å². The molecule has 5 heteroatoms. The van der Waals surface area contributed by atoms with Gasteiger partial charge in [-0.2, -0.15) is 4.98 Å². The van der Waals surface area contributed by atoms with E-state index in [0.29, 0.717) is 17.7 Å². The van der Waals surface area contributed by atoms with Crippen LogP contribution in [0.5, 0.6) is 0 Å². The number of halogens is 1. The van der Waals surface area contributed by atoms with Crippen molar-refractivity contribution in [3.8, 4) is 11.4 Å². The highest BCUT2D eigenvalue weighted by Crippen LogP contribution is 2.29. The Morgan fingerprint density at radius 1 is 1.37 bits per heavy atom. The van der Waals surface area contributed by atoms with Gasteiger partial charge in [-0.05, 0) is 31.0 Å². The molecular weight excluding hydrogens is 306 g/mol. The van der Waals surface area contributed by atoms with Crippen molar-refractivity contribution in [2.75, 3.05) is 13.1 Å². The van der Waals surface area contributed by atoms with E-state index in [1.54, 1.807) is 0 Å². The zero-order chi connectivity index (χ0) is 13.4. The molecule has 100 valence electrons. The Bertz CT molecular complexity index is 596. The van der Waals surface area contributed by atoms with E-state index in [0.717, 1.165) is 29.0 Å². The van der Waals surface area contributed by atoms with Crippen LogP contribution in [-0.4, -0.2) is 23.2 Å². The molecule has 0 radical (unpaired) electrons. The molecule has 0 saturated carbocycles. The van der Waals surface area contributed by atoms with Crippen LogP contribution in [0.25, 0.3) is 11.4 Å². The molecule has 1 aliphatic heterocycles. The highest BCUT2D eigenvalue weighted by atomic mass is 79.9. The molecule has 1 fully saturated rings. The van der Waals surface area contributed by atoms with Gasteiger partial charge in [-0.3, -0.25) is 0 Å². The summed E-state index contributed by atoms with van der Waals surface area (Å²) < 4.78 is 6.49. The van der Waals surface area contributed by atoms with Gasteiger partial charge in [0.1, 0.15) is 0 Å². The lowest BCUT2D eigenvalue weighted by Crippen LogP contribution is -2.08. The van der Waals surface area contributed by atoms with Crippen LogP contribution in [0.4, 0.5) is 0 Å². The van der Waals surface area contributed by atoms with E-state index >= 15 is 0 Å². The molecule has 1 saturated heterocycles. The molecule has 1 aromatic heterocycles. The molecule has 2 aromatic rings. The maximum absolute atomic E-state index is 5.43. The minimum atomic E-state index is 0.329. The molecule has 1 aromatic carbocycles. The van der Waals surface area contributed by atoms with E-state index in [1.165, 1.54) is 5.56 Å². The summed E-state index contributed by atoms with van der Waals surface area (Å²) in [5, 5.41) is 7.45. The largest absolute Gasteiger partial charge is 0.339 e. The van der Waals surface area contributed by atoms with E-state index in [-0.39, 0.29) is 0 Å². The standard InChI is InChI=1S/C14H16BrN3O/c1-8-3-4-10(5-12(8)15)13-17-14(19-18-13)11-7-16-6-9(11)2/h3-5,9,11,16H,6-7H2,1-2H3/t9-,11-/m1/s1. The summed E-state index contributed by atoms with van der Waals surface area (Å²) in [4.78, 5) is 4.55. The number of aromatic nitrogens is 2. The van der Waals surface area contributed by atoms with Crippen LogP contribution in [0.2, 0.25) is 0 Å². The Morgan fingerprint density at radius 2 is 2.21 bits per heavy atom. The fourth-order valence-electron chi connectivity index (χ4n) is 2.38. The summed E-state index contributed by atoms with van der Waals surface area (Å²) >= 11 is 3.53. The predicted molar refractivity (Wildman–Crippen MR) is 76.9 cm³/mol. The van der Waals surface area contributed by atoms with Crippen molar-refractivity contribution in [2.24, 2.45) is 5.92 Å². The Hall–Kier alpha value is -1.20. The number of rotatable bonds is 2. The smallest absolute Gasteiger partial charge is 0.231 e. The summed E-state index contributed by atoms with van der Waals surface area (Å²) in [6.07, 6.45) is 0. The summed E-state index contributed by atoms with van der Waals surface area (Å²) in [7, 11) is 0. The first-order valence-electron chi connectivity index (χ1n) is 6.46. The molecule has 1 N–H and O–H groups in total. The quantitative estimate of drug-likeness (QED) is 0.923. The Balaban J connectivity index is 1.90. The van der Waals surface area contributed by atoms with Crippen molar-refractivity contribution >= 4 is 15.9 Å². The Kier molecular flexibility index (Phi) is 3.41. The number of nitrogens with one attached hydrogen (secondary N) is 1. The van der Waals surface area contributed by atoms with Gasteiger partial charge < -0.3 is 9.84 Å². The van der Waals surface area contributed by atoms with Crippen LogP contribution < -0.4 is 5.32 Å². The average molecular weight is 322 g/mol. The lowest BCUT2D eigenvalue weighted by molar-refractivity contribution is 0.340. The Morgan fingerprint density at radius 3 is 2.89 bits per heavy atom. The van der Waals surface area contributed by atoms with E-state index in [4.69, 9.17) is 4.52 Å². The second kappa shape index (κ2) is 5.06. The normalized spacial score (nSPS) is 22.9. The third-order valence-corrected chi connectivity index (χ3v) is 4.56. The van der Waals surface area contributed by atoms with Crippen LogP contribution in [-0.2, 0) is 0 Å². The maximum atomic E-state index is 5.43. The van der Waals surface area contributed by atoms with E-state index in [2.05, 4.69) is 51.3 Å². The summed E-state index contributed by atoms with van der Waals surface area (Å²) in [6.45, 7) is 6.19. The molecule has 0 amide bonds. The fourth-order valence-corrected chi connectivity index (χ4v) is 2.75. The lowest BCUT2D eigenvalue weighted by Gasteiger charge is -2.07. The number of aryl methyl sites for hydroxylation is 1. The van der Waals surface area contributed by atoms with E-state index < -0.39 is 0 Å². The second-order valence-electron chi connectivity index (χ2n) is 5.16. The van der Waals surface area contributed by atoms with Gasteiger partial charge in [0.05, 0.1) is 5.92 Å². The zero-order valence-corrected chi connectivity index (χ0v) is 12.6. The topological polar surface area (TPSA) is 51.0 Å². The van der Waals surface area contributed by atoms with Crippen LogP contribution >= 0.6 is 15.9 Å². The fraction of sp³-hybridized carbons (Fsp3) is 0.429. The van der Waals surface area contributed by atoms with Crippen LogP contribution in [0.15, 0.2) is 27.2 Å². The van der Waals surface area contributed by atoms with Gasteiger partial charge in [0.25, 0.3) is 0 Å². The van der Waals surface area contributed by atoms with Gasteiger partial charge in [-0.25, -0.2) is 0 Å². The lowest BCUT2D eigenvalue weighted by atomic mass is 9.98. The van der Waals surface area contributed by atoms with Gasteiger partial charge in [-0.15, -0.1) is 0 Å². The van der Waals surface area contributed by atoms with E-state index in [9.17, 15) is 0 Å². The first-order valence-corrected chi connectivity index (χ1v) is 7.25. The van der Waals surface area contributed by atoms with Crippen molar-refractivity contribution < 1.29 is 4.52 Å². The van der Waals surface area contributed by atoms with Crippen LogP contribution in [0.3, 0.4) is 0 Å². The summed E-state index contributed by atoms with van der Waals surface area (Å²) in [5.41, 5.74) is 2.17. The van der Waals surface area contributed by atoms with Gasteiger partial charge >= 0.3 is 0 Å². The highest BCUT2D eigenvalue weighted by molar-refractivity contribution is 9.10. The predicted octanol–water partition coefficient (Wildman–Crippen LogP) is 3.13. The van der Waals surface area contributed by atoms with Crippen molar-refractivity contribution in [3.05, 3.63) is 34.1 Å². The molecule has 2 heterocycles. The van der Waals surface area contributed by atoms with Crippen molar-refractivity contribution in [1.82, 2.24) is 15.5 Å². The molecule has 19 heavy (non-hydrogen) atoms. The molecular formula is C14H16BrN3O. The third-order valence-electron chi connectivity index (χ3n) is 3.71. The first kappa shape index (κ1) is 12.8. The first-order chi connectivity index (χ1) is 9.15. The van der Waals surface area contributed by atoms with Crippen LogP contribution in [0.1, 0.15) is 24.3 Å². The molecule has 0 bridgehead atoms. The average Bonchev–Trinajstić information content (AvgIpc) is 3.01. The number of hydrogen-bond acceptors (Lipinski definition) is 4. The molecule has 2 atom stereocenters. The highest BCUT2D eigenvalue weighted by Gasteiger charge is 2.29. The molecule has 3 rings (SSSR count). The molecule has 1 aliphatic rings. The molecule has 0 spiro atoms. The summed E-state index contributed by atoms with van der Waals surface area (Å²) in [5.74, 6) is 2.27. The third kappa shape index (κ3) is 2.44. The van der Waals surface area contributed by atoms with Crippen molar-refractivity contribution in [1.29, 1.82) is 0 Å². The number of hydrogen-bond donors (Lipinski definition) is 1. The maximum Gasteiger partial charge on any atom is 0.231 e. The van der Waals surface area contributed by atoms with Gasteiger partial charge in [0.2, 0.25) is 11.7 Å². The zero-order valence-electron chi connectivity index (χ0n) is 11.0. The second-order valence-corrected chi connectivity index (χ2v) is 6.02.